The van der Waals surface area contributed by atoms with Crippen molar-refractivity contribution in [3.05, 3.63) is 60.7 Å². The predicted octanol–water partition coefficient (Wildman–Crippen LogP) is 3.28. The molecule has 6 nitrogen and oxygen atoms in total. The number of nitrogens with zero attached hydrogens (tertiary/aromatic N) is 5. The van der Waals surface area contributed by atoms with E-state index in [2.05, 4.69) is 15.3 Å². The van der Waals surface area contributed by atoms with E-state index in [4.69, 9.17) is 0 Å². The van der Waals surface area contributed by atoms with Gasteiger partial charge < -0.3 is 10.0 Å². The van der Waals surface area contributed by atoms with Gasteiger partial charge >= 0.3 is 0 Å². The Hall–Kier alpha value is -3.29. The standard InChI is InChI=1S/C19H17F2N5O/c1-25(17-4-2-3-15(17)21)19-8-7-16(23-24-19)14-6-5-13(9-18(14)27)26-11-12(20)10-22-26/h2-3,5-11,15,17,27H,4H2,1H3/t15-,17+/m1/s1. The molecular weight excluding hydrogens is 352 g/mol. The summed E-state index contributed by atoms with van der Waals surface area (Å²) in [6.07, 6.45) is 5.27. The Bertz CT molecular complexity index is 986. The van der Waals surface area contributed by atoms with Crippen LogP contribution in [0.3, 0.4) is 0 Å². The van der Waals surface area contributed by atoms with Crippen LogP contribution in [0.15, 0.2) is 54.9 Å². The van der Waals surface area contributed by atoms with Crippen molar-refractivity contribution in [2.45, 2.75) is 18.6 Å². The highest BCUT2D eigenvalue weighted by Gasteiger charge is 2.27. The van der Waals surface area contributed by atoms with Crippen molar-refractivity contribution in [1.82, 2.24) is 20.0 Å². The number of alkyl halides is 1. The number of aromatic hydroxyl groups is 1. The van der Waals surface area contributed by atoms with Gasteiger partial charge in [0.05, 0.1) is 29.8 Å². The van der Waals surface area contributed by atoms with Gasteiger partial charge in [0.1, 0.15) is 11.9 Å². The van der Waals surface area contributed by atoms with Crippen molar-refractivity contribution in [3.8, 4) is 22.7 Å². The molecule has 0 bridgehead atoms. The summed E-state index contributed by atoms with van der Waals surface area (Å²) in [4.78, 5) is 1.76. The minimum Gasteiger partial charge on any atom is -0.507 e. The number of phenolic OH excluding ortho intramolecular Hbond substituents is 1. The number of halogens is 2. The van der Waals surface area contributed by atoms with E-state index in [-0.39, 0.29) is 11.8 Å². The molecule has 0 spiro atoms. The lowest BCUT2D eigenvalue weighted by atomic mass is 10.1. The van der Waals surface area contributed by atoms with Gasteiger partial charge in [-0.25, -0.2) is 13.5 Å². The Morgan fingerprint density at radius 1 is 1.22 bits per heavy atom. The molecule has 1 N–H and O–H groups in total. The molecule has 0 amide bonds. The molecule has 1 aromatic carbocycles. The van der Waals surface area contributed by atoms with Crippen LogP contribution in [0.1, 0.15) is 6.42 Å². The lowest BCUT2D eigenvalue weighted by molar-refractivity contribution is 0.348. The molecule has 1 aliphatic carbocycles. The molecule has 2 atom stereocenters. The van der Waals surface area contributed by atoms with Gasteiger partial charge in [0.15, 0.2) is 11.6 Å². The molecule has 3 aromatic rings. The van der Waals surface area contributed by atoms with Crippen LogP contribution in [0.4, 0.5) is 14.6 Å². The third-order valence-corrected chi connectivity index (χ3v) is 4.65. The lowest BCUT2D eigenvalue weighted by Gasteiger charge is -2.26. The summed E-state index contributed by atoms with van der Waals surface area (Å²) < 4.78 is 28.3. The van der Waals surface area contributed by atoms with Crippen LogP contribution in [0, 0.1) is 5.82 Å². The summed E-state index contributed by atoms with van der Waals surface area (Å²) in [6.45, 7) is 0. The summed E-state index contributed by atoms with van der Waals surface area (Å²) in [7, 11) is 1.78. The number of rotatable bonds is 4. The Balaban J connectivity index is 1.57. The first kappa shape index (κ1) is 17.1. The Kier molecular flexibility index (Phi) is 4.31. The normalized spacial score (nSPS) is 18.8. The number of phenols is 1. The number of benzene rings is 1. The summed E-state index contributed by atoms with van der Waals surface area (Å²) in [6, 6.07) is 8.01. The zero-order chi connectivity index (χ0) is 19.0. The van der Waals surface area contributed by atoms with Gasteiger partial charge in [-0.2, -0.15) is 5.10 Å². The second kappa shape index (κ2) is 6.79. The topological polar surface area (TPSA) is 67.1 Å². The van der Waals surface area contributed by atoms with E-state index in [0.717, 1.165) is 6.20 Å². The molecule has 0 fully saturated rings. The van der Waals surface area contributed by atoms with Gasteiger partial charge in [-0.15, -0.1) is 10.2 Å². The molecule has 138 valence electrons. The first-order chi connectivity index (χ1) is 13.0. The SMILES string of the molecule is CN(c1ccc(-c2ccc(-n3cc(F)cn3)cc2O)nn1)[C@H]1CC=C[C@H]1F. The maximum absolute atomic E-state index is 13.9. The monoisotopic (exact) mass is 369 g/mol. The number of aromatic nitrogens is 4. The van der Waals surface area contributed by atoms with Gasteiger partial charge in [0.2, 0.25) is 0 Å². The highest BCUT2D eigenvalue weighted by Crippen LogP contribution is 2.30. The smallest absolute Gasteiger partial charge is 0.161 e. The lowest BCUT2D eigenvalue weighted by Crippen LogP contribution is -2.36. The Labute approximate surface area is 154 Å². The average molecular weight is 369 g/mol. The van der Waals surface area contributed by atoms with E-state index < -0.39 is 12.0 Å². The maximum atomic E-state index is 13.9. The van der Waals surface area contributed by atoms with Crippen molar-refractivity contribution in [3.63, 3.8) is 0 Å². The van der Waals surface area contributed by atoms with E-state index >= 15 is 0 Å². The van der Waals surface area contributed by atoms with E-state index in [9.17, 15) is 13.9 Å². The minimum absolute atomic E-state index is 0.0253. The molecule has 2 aromatic heterocycles. The Morgan fingerprint density at radius 2 is 2.07 bits per heavy atom. The van der Waals surface area contributed by atoms with Crippen molar-refractivity contribution >= 4 is 5.82 Å². The Morgan fingerprint density at radius 3 is 2.67 bits per heavy atom. The van der Waals surface area contributed by atoms with Crippen molar-refractivity contribution < 1.29 is 13.9 Å². The van der Waals surface area contributed by atoms with Crippen LogP contribution >= 0.6 is 0 Å². The van der Waals surface area contributed by atoms with Crippen molar-refractivity contribution in [2.75, 3.05) is 11.9 Å². The largest absolute Gasteiger partial charge is 0.507 e. The molecule has 0 saturated heterocycles. The highest BCUT2D eigenvalue weighted by atomic mass is 19.1. The second-order valence-electron chi connectivity index (χ2n) is 6.37. The molecule has 0 saturated carbocycles. The average Bonchev–Trinajstić information content (AvgIpc) is 3.29. The summed E-state index contributed by atoms with van der Waals surface area (Å²) in [5, 5.41) is 22.5. The molecular formula is C19H17F2N5O. The molecule has 0 unspecified atom stereocenters. The maximum Gasteiger partial charge on any atom is 0.161 e. The number of hydrogen-bond donors (Lipinski definition) is 1. The van der Waals surface area contributed by atoms with Crippen LogP contribution in [-0.2, 0) is 0 Å². The van der Waals surface area contributed by atoms with Crippen LogP contribution in [0.2, 0.25) is 0 Å². The second-order valence-corrected chi connectivity index (χ2v) is 6.37. The van der Waals surface area contributed by atoms with Crippen LogP contribution < -0.4 is 4.90 Å². The quantitative estimate of drug-likeness (QED) is 0.715. The van der Waals surface area contributed by atoms with Gasteiger partial charge in [-0.1, -0.05) is 12.2 Å². The molecule has 0 radical (unpaired) electrons. The molecule has 8 heteroatoms. The number of anilines is 1. The van der Waals surface area contributed by atoms with E-state index in [1.54, 1.807) is 42.3 Å². The van der Waals surface area contributed by atoms with E-state index in [1.807, 2.05) is 6.08 Å². The minimum atomic E-state index is -1.03. The fourth-order valence-corrected chi connectivity index (χ4v) is 3.13. The van der Waals surface area contributed by atoms with Gasteiger partial charge in [0, 0.05) is 18.7 Å². The predicted molar refractivity (Wildman–Crippen MR) is 97.1 cm³/mol. The van der Waals surface area contributed by atoms with Gasteiger partial charge in [-0.3, -0.25) is 0 Å². The third-order valence-electron chi connectivity index (χ3n) is 4.65. The van der Waals surface area contributed by atoms with Gasteiger partial charge in [-0.05, 0) is 30.7 Å². The molecule has 4 rings (SSSR count). The van der Waals surface area contributed by atoms with E-state index in [0.29, 0.717) is 29.2 Å². The highest BCUT2D eigenvalue weighted by molar-refractivity contribution is 5.69. The van der Waals surface area contributed by atoms with Crippen molar-refractivity contribution in [2.24, 2.45) is 0 Å². The summed E-state index contributed by atoms with van der Waals surface area (Å²) in [5.41, 5.74) is 1.48. The molecule has 1 aliphatic rings. The van der Waals surface area contributed by atoms with Gasteiger partial charge in [0.25, 0.3) is 0 Å². The molecule has 2 heterocycles. The van der Waals surface area contributed by atoms with Crippen LogP contribution in [0.5, 0.6) is 5.75 Å². The van der Waals surface area contributed by atoms with Crippen molar-refractivity contribution in [1.29, 1.82) is 0 Å². The third kappa shape index (κ3) is 3.25. The van der Waals surface area contributed by atoms with Crippen LogP contribution in [0.25, 0.3) is 16.9 Å². The van der Waals surface area contributed by atoms with Crippen LogP contribution in [-0.4, -0.2) is 44.3 Å². The summed E-state index contributed by atoms with van der Waals surface area (Å²) in [5.74, 6) is 0.0676. The zero-order valence-electron chi connectivity index (χ0n) is 14.5. The summed E-state index contributed by atoms with van der Waals surface area (Å²) >= 11 is 0. The molecule has 0 aliphatic heterocycles. The molecule has 27 heavy (non-hydrogen) atoms. The fraction of sp³-hybridized carbons (Fsp3) is 0.211. The first-order valence-corrected chi connectivity index (χ1v) is 8.44. The first-order valence-electron chi connectivity index (χ1n) is 8.44. The zero-order valence-corrected chi connectivity index (χ0v) is 14.5. The van der Waals surface area contributed by atoms with E-state index in [1.165, 1.54) is 16.9 Å². The fourth-order valence-electron chi connectivity index (χ4n) is 3.13. The number of hydrogen-bond acceptors (Lipinski definition) is 5.